The summed E-state index contributed by atoms with van der Waals surface area (Å²) in [4.78, 5) is 9.57. The molecule has 5 nitrogen and oxygen atoms in total. The van der Waals surface area contributed by atoms with Crippen molar-refractivity contribution in [3.8, 4) is 45.5 Å². The number of para-hydroxylation sites is 2. The fraction of sp³-hybridized carbons (Fsp3) is 0.283. The number of fused-ring (bicyclic) bond motifs is 4. The second kappa shape index (κ2) is 19.8. The fourth-order valence-corrected chi connectivity index (χ4v) is 14.0. The van der Waals surface area contributed by atoms with Crippen LogP contribution in [0.2, 0.25) is 22.0 Å². The maximum Gasteiger partial charge on any atom is 0 e. The van der Waals surface area contributed by atoms with Crippen molar-refractivity contribution in [2.24, 2.45) is 0 Å². The van der Waals surface area contributed by atoms with Gasteiger partial charge in [0, 0.05) is 37.5 Å². The first kappa shape index (κ1) is 47.4. The molecular weight excluding hydrogens is 1080 g/mol. The molecule has 1 saturated heterocycles. The van der Waals surface area contributed by atoms with Crippen molar-refractivity contribution in [3.63, 3.8) is 0 Å². The molecule has 0 bridgehead atoms. The monoisotopic (exact) mass is 1140 g/mol. The quantitative estimate of drug-likeness (QED) is 0.118. The number of benzene rings is 6. The van der Waals surface area contributed by atoms with Crippen molar-refractivity contribution in [1.82, 2.24) is 14.5 Å². The minimum Gasteiger partial charge on any atom is 0 e. The van der Waals surface area contributed by atoms with Crippen LogP contribution in [0.25, 0.3) is 72.4 Å². The molecule has 0 atom stereocenters. The van der Waals surface area contributed by atoms with Crippen LogP contribution in [0.1, 0.15) is 108 Å². The van der Waals surface area contributed by atoms with Crippen LogP contribution in [0.15, 0.2) is 132 Å². The van der Waals surface area contributed by atoms with Crippen LogP contribution < -0.4 is 0 Å². The Morgan fingerprint density at radius 3 is 2.19 bits per heavy atom. The van der Waals surface area contributed by atoms with E-state index in [1.54, 1.807) is 12.3 Å². The van der Waals surface area contributed by atoms with Crippen LogP contribution in [0.4, 0.5) is 4.39 Å². The Morgan fingerprint density at radius 1 is 0.838 bits per heavy atom. The van der Waals surface area contributed by atoms with E-state index in [2.05, 4.69) is 142 Å². The average molecular weight is 1140 g/mol. The smallest absolute Gasteiger partial charge is 0 e. The number of rotatable bonds is 7. The van der Waals surface area contributed by atoms with Crippen molar-refractivity contribution in [1.29, 1.82) is 5.26 Å². The normalized spacial score (nSPS) is 14.7. The molecule has 9 aromatic rings. The van der Waals surface area contributed by atoms with Crippen LogP contribution in [0.5, 0.6) is 0 Å². The molecule has 0 N–H and O–H groups in total. The number of aromatic nitrogens is 3. The van der Waals surface area contributed by atoms with Gasteiger partial charge in [0.15, 0.2) is 0 Å². The summed E-state index contributed by atoms with van der Waals surface area (Å²) in [6.45, 7) is 15.5. The SMILES string of the molecule is CC(C)(C)c1ccnc(-c2[c-]cc(F)cc2)c1.[2H]C1(c2ccc(-c3cc(C(C)C)c(-n4c(-c5[c-]ccc6c5oc5cc(C#N)ccc56)nc5ccccc54)c(C(C)C)c3)cc2)C[CH2][Ge]([CH3])([CH3])[CH2]C1.[Ir]. The van der Waals surface area contributed by atoms with Crippen molar-refractivity contribution in [2.45, 2.75) is 106 Å². The van der Waals surface area contributed by atoms with Gasteiger partial charge in [-0.3, -0.25) is 9.37 Å². The van der Waals surface area contributed by atoms with E-state index in [-0.39, 0.29) is 43.2 Å². The van der Waals surface area contributed by atoms with E-state index in [1.807, 2.05) is 48.5 Å². The Labute approximate surface area is 419 Å². The molecule has 1 aliphatic rings. The van der Waals surface area contributed by atoms with Crippen molar-refractivity contribution in [3.05, 3.63) is 173 Å². The zero-order valence-corrected chi connectivity index (χ0v) is 45.0. The summed E-state index contributed by atoms with van der Waals surface area (Å²) in [5.41, 5.74) is 14.8. The van der Waals surface area contributed by atoms with Crippen LogP contribution >= 0.6 is 0 Å². The molecule has 0 aliphatic carbocycles. The maximum absolute atomic E-state index is 12.8. The Morgan fingerprint density at radius 2 is 1.54 bits per heavy atom. The molecule has 68 heavy (non-hydrogen) atoms. The van der Waals surface area contributed by atoms with E-state index in [9.17, 15) is 11.0 Å². The summed E-state index contributed by atoms with van der Waals surface area (Å²) in [5.74, 6) is 5.53. The van der Waals surface area contributed by atoms with Crippen molar-refractivity contribution >= 4 is 46.2 Å². The van der Waals surface area contributed by atoms with Gasteiger partial charge in [-0.05, 0) is 47.0 Å². The molecule has 0 unspecified atom stereocenters. The molecule has 347 valence electrons. The number of nitriles is 1. The molecule has 4 heterocycles. The number of furan rings is 1. The van der Waals surface area contributed by atoms with Gasteiger partial charge in [0.2, 0.25) is 0 Å². The van der Waals surface area contributed by atoms with E-state index >= 15 is 0 Å². The van der Waals surface area contributed by atoms with Gasteiger partial charge in [0.25, 0.3) is 0 Å². The molecule has 1 radical (unpaired) electrons. The van der Waals surface area contributed by atoms with Gasteiger partial charge >= 0.3 is 169 Å². The van der Waals surface area contributed by atoms with Crippen molar-refractivity contribution < 1.29 is 30.3 Å². The van der Waals surface area contributed by atoms with Gasteiger partial charge in [-0.1, -0.05) is 56.0 Å². The third kappa shape index (κ3) is 9.93. The largest absolute Gasteiger partial charge is 0 e. The zero-order chi connectivity index (χ0) is 48.1. The number of hydrogen-bond acceptors (Lipinski definition) is 4. The Kier molecular flexibility index (Phi) is 13.8. The Balaban J connectivity index is 0.000000301. The van der Waals surface area contributed by atoms with Gasteiger partial charge in [-0.15, -0.1) is 48.0 Å². The number of hydrogen-bond donors (Lipinski definition) is 0. The number of halogens is 1. The summed E-state index contributed by atoms with van der Waals surface area (Å²) in [6, 6.07) is 48.7. The second-order valence-electron chi connectivity index (χ2n) is 20.5. The summed E-state index contributed by atoms with van der Waals surface area (Å²) >= 11 is -1.67. The molecule has 1 aliphatic heterocycles. The average Bonchev–Trinajstić information content (AvgIpc) is 3.91. The first-order valence-corrected chi connectivity index (χ1v) is 30.8. The van der Waals surface area contributed by atoms with E-state index in [4.69, 9.17) is 9.40 Å². The molecule has 3 aromatic heterocycles. The van der Waals surface area contributed by atoms with Gasteiger partial charge in [0.05, 0.1) is 34.1 Å². The van der Waals surface area contributed by atoms with Crippen LogP contribution in [-0.4, -0.2) is 27.8 Å². The predicted octanol–water partition coefficient (Wildman–Crippen LogP) is 16.7. The number of imidazole rings is 1. The molecule has 0 spiro atoms. The topological polar surface area (TPSA) is 67.6 Å². The molecule has 0 amide bonds. The van der Waals surface area contributed by atoms with Gasteiger partial charge in [0.1, 0.15) is 5.58 Å². The molecular formula is C60H59FGeIrN4O-2. The van der Waals surface area contributed by atoms with Gasteiger partial charge in [-0.25, -0.2) is 0 Å². The minimum atomic E-state index is -1.67. The number of nitrogens with zero attached hydrogens (tertiary/aromatic N) is 4. The first-order chi connectivity index (χ1) is 32.4. The maximum atomic E-state index is 12.8. The third-order valence-corrected chi connectivity index (χ3v) is 20.2. The van der Waals surface area contributed by atoms with E-state index in [0.717, 1.165) is 68.5 Å². The van der Waals surface area contributed by atoms with Crippen LogP contribution in [-0.2, 0) is 25.5 Å². The van der Waals surface area contributed by atoms with Crippen LogP contribution in [0, 0.1) is 29.3 Å². The first-order valence-electron chi connectivity index (χ1n) is 24.1. The third-order valence-electron chi connectivity index (χ3n) is 13.5. The number of pyridine rings is 1. The Hall–Kier alpha value is -5.65. The molecule has 8 heteroatoms. The van der Waals surface area contributed by atoms with E-state index < -0.39 is 19.2 Å². The van der Waals surface area contributed by atoms with E-state index in [1.165, 1.54) is 50.5 Å². The standard InChI is InChI=1S/C45H44GeN3O.C15H15FN.Ir/c1-28(2)38-25-34(32-17-15-31(16-18-32)33-20-22-46(5,6)23-21-33)26-39(29(3)4)43(38)49-41-13-8-7-12-40(41)48-45(49)37-11-9-10-36-35-19-14-30(27-47)24-42(35)50-44(36)37;1-15(2,3)12-8-9-17-14(10-12)11-4-6-13(16)7-5-11;/h7-10,12-19,24-26,28-29,33H,20-23H2,1-6H3;4,6-10H,1-3H3;/q2*-1;/i33D;;. The summed E-state index contributed by atoms with van der Waals surface area (Å²) in [5, 5.41) is 14.0. The summed E-state index contributed by atoms with van der Waals surface area (Å²) < 4.78 is 31.0. The van der Waals surface area contributed by atoms with E-state index in [0.29, 0.717) is 16.7 Å². The van der Waals surface area contributed by atoms with Crippen LogP contribution in [0.3, 0.4) is 0 Å². The molecule has 1 fully saturated rings. The molecule has 10 rings (SSSR count). The summed E-state index contributed by atoms with van der Waals surface area (Å²) in [6.07, 6.45) is 3.77. The van der Waals surface area contributed by atoms with Gasteiger partial charge < -0.3 is 9.40 Å². The van der Waals surface area contributed by atoms with Gasteiger partial charge in [-0.2, -0.15) is 5.26 Å². The Bertz CT molecular complexity index is 3320. The summed E-state index contributed by atoms with van der Waals surface area (Å²) in [7, 11) is 0. The van der Waals surface area contributed by atoms with Crippen molar-refractivity contribution in [2.75, 3.05) is 0 Å². The molecule has 0 saturated carbocycles. The minimum absolute atomic E-state index is 0. The second-order valence-corrected chi connectivity index (χ2v) is 31.7. The fourth-order valence-electron chi connectivity index (χ4n) is 9.41. The molecule has 6 aromatic carbocycles. The zero-order valence-electron chi connectivity index (χ0n) is 41.5. The predicted molar refractivity (Wildman–Crippen MR) is 277 cm³/mol.